The normalized spacial score (nSPS) is 23.6. The van der Waals surface area contributed by atoms with E-state index in [0.717, 1.165) is 18.9 Å². The van der Waals surface area contributed by atoms with Crippen LogP contribution < -0.4 is 34.5 Å². The van der Waals surface area contributed by atoms with Crippen molar-refractivity contribution in [1.82, 2.24) is 0 Å². The zero-order valence-corrected chi connectivity index (χ0v) is 22.4. The van der Waals surface area contributed by atoms with Crippen molar-refractivity contribution < 1.29 is 68.2 Å². The molecule has 6 atom stereocenters. The summed E-state index contributed by atoms with van der Waals surface area (Å²) < 4.78 is 21.0. The Morgan fingerprint density at radius 2 is 1.94 bits per heavy atom. The Hall–Kier alpha value is -0.800. The molecule has 1 heterocycles. The van der Waals surface area contributed by atoms with Gasteiger partial charge in [-0.1, -0.05) is 69.2 Å². The van der Waals surface area contributed by atoms with Crippen molar-refractivity contribution in [3.8, 4) is 0 Å². The van der Waals surface area contributed by atoms with Gasteiger partial charge in [-0.3, -0.25) is 4.57 Å². The molecule has 1 rings (SSSR count). The van der Waals surface area contributed by atoms with Crippen LogP contribution in [-0.4, -0.2) is 45.5 Å². The molecule has 33 heavy (non-hydrogen) atoms. The number of rotatable bonds is 14. The number of hydrogen-bond donors (Lipinski definition) is 3. The number of unbranched alkanes of at least 4 members (excludes halogenated alkanes) is 3. The van der Waals surface area contributed by atoms with Gasteiger partial charge in [-0.2, -0.15) is 0 Å². The van der Waals surface area contributed by atoms with Crippen LogP contribution in [0.3, 0.4) is 0 Å². The van der Waals surface area contributed by atoms with E-state index in [1.54, 1.807) is 19.1 Å². The maximum Gasteiger partial charge on any atom is 1.00 e. The van der Waals surface area contributed by atoms with Gasteiger partial charge in [-0.05, 0) is 31.4 Å². The van der Waals surface area contributed by atoms with Crippen molar-refractivity contribution in [2.45, 2.75) is 70.4 Å². The predicted molar refractivity (Wildman–Crippen MR) is 120 cm³/mol. The number of aliphatic hydroxyl groups excluding tert-OH is 2. The first-order chi connectivity index (χ1) is 15.1. The average Bonchev–Trinajstić information content (AvgIpc) is 2.72. The topological polar surface area (TPSA) is 136 Å². The molecule has 0 aromatic heterocycles. The maximum atomic E-state index is 11.3. The van der Waals surface area contributed by atoms with Gasteiger partial charge in [0.15, 0.2) is 0 Å². The van der Waals surface area contributed by atoms with Gasteiger partial charge in [0, 0.05) is 12.0 Å². The molecule has 0 aliphatic carbocycles. The smallest absolute Gasteiger partial charge is 0.756 e. The van der Waals surface area contributed by atoms with Gasteiger partial charge >= 0.3 is 35.5 Å². The zero-order valence-electron chi connectivity index (χ0n) is 19.5. The molecular weight excluding hydrogens is 458 g/mol. The number of ether oxygens (including phenoxy) is 1. The largest absolute Gasteiger partial charge is 1.00 e. The second kappa shape index (κ2) is 17.6. The maximum absolute atomic E-state index is 11.3. The third kappa shape index (κ3) is 14.9. The molecule has 1 aliphatic rings. The Kier molecular flexibility index (Phi) is 17.2. The first kappa shape index (κ1) is 32.2. The number of phosphoric acid groups is 1. The second-order valence-corrected chi connectivity index (χ2v) is 8.72. The molecule has 3 N–H and O–H groups in total. The first-order valence-corrected chi connectivity index (χ1v) is 12.3. The number of allylic oxidation sites excluding steroid dienone is 5. The molecular formula is C23H34NaO8P. The molecule has 1 aliphatic heterocycles. The fraction of sp³-hybridized carbons (Fsp3) is 0.522. The standard InChI is InChI=1S/C23H35O8P.Na/c1-3-4-5-6-7-8-9-10-11-13-19(24)18(2)21(31-32(27,28)29)14-12-15-22-20(25)16-17-23(26)30-22;/h7-13,15-22,24-25H,3-6,14H2,1-2H3,(H2,27,28,29);/q;+1/p-1/b8-7+,10-9?,13-11?,15-12+;/t18-,19-,20-,21-,22-;/m0./s1. The average molecular weight is 492 g/mol. The summed E-state index contributed by atoms with van der Waals surface area (Å²) in [5, 5.41) is 20.2. The zero-order chi connectivity index (χ0) is 24.0. The van der Waals surface area contributed by atoms with Crippen LogP contribution in [0, 0.1) is 5.92 Å². The minimum atomic E-state index is -5.05. The number of hydrogen-bond acceptors (Lipinski definition) is 7. The fourth-order valence-corrected chi connectivity index (χ4v) is 3.56. The molecule has 0 radical (unpaired) electrons. The van der Waals surface area contributed by atoms with E-state index in [2.05, 4.69) is 13.0 Å². The van der Waals surface area contributed by atoms with Gasteiger partial charge in [0.1, 0.15) is 12.2 Å². The molecule has 1 unspecified atom stereocenters. The van der Waals surface area contributed by atoms with Crippen LogP contribution >= 0.6 is 7.82 Å². The number of carbonyl (C=O) groups excluding carboxylic acids is 1. The van der Waals surface area contributed by atoms with Crippen molar-refractivity contribution in [2.75, 3.05) is 0 Å². The summed E-state index contributed by atoms with van der Waals surface area (Å²) in [6.45, 7) is 3.73. The number of phosphoric ester groups is 1. The van der Waals surface area contributed by atoms with Gasteiger partial charge < -0.3 is 29.3 Å². The number of carbonyl (C=O) groups is 1. The monoisotopic (exact) mass is 492 g/mol. The summed E-state index contributed by atoms with van der Waals surface area (Å²) in [7, 11) is -5.05. The molecule has 0 spiro atoms. The SMILES string of the molecule is CCCCC/C=C/C=CC=C[C@H](O)[C@H](C)[C@H](C/C=C/[C@@H]1OC(=O)C=C[C@@H]1O)OP(=O)([O-])O.[Na+]. The third-order valence-corrected chi connectivity index (χ3v) is 5.40. The second-order valence-electron chi connectivity index (χ2n) is 7.57. The Balaban J connectivity index is 0.0000102. The molecule has 0 aromatic carbocycles. The van der Waals surface area contributed by atoms with E-state index in [1.165, 1.54) is 37.1 Å². The van der Waals surface area contributed by atoms with E-state index in [0.29, 0.717) is 0 Å². The van der Waals surface area contributed by atoms with Crippen LogP contribution in [0.2, 0.25) is 0 Å². The Labute approximate surface area is 218 Å². The molecule has 0 aromatic rings. The fourth-order valence-electron chi connectivity index (χ4n) is 2.94. The molecule has 10 heteroatoms. The minimum absolute atomic E-state index is 0. The van der Waals surface area contributed by atoms with Gasteiger partial charge in [0.25, 0.3) is 7.82 Å². The number of aliphatic hydroxyl groups is 2. The Bertz CT molecular complexity index is 756. The Morgan fingerprint density at radius 1 is 1.24 bits per heavy atom. The van der Waals surface area contributed by atoms with Crippen LogP contribution in [0.5, 0.6) is 0 Å². The summed E-state index contributed by atoms with van der Waals surface area (Å²) in [6.07, 6.45) is 16.5. The van der Waals surface area contributed by atoms with E-state index in [1.807, 2.05) is 12.2 Å². The summed E-state index contributed by atoms with van der Waals surface area (Å²) in [4.78, 5) is 31.7. The van der Waals surface area contributed by atoms with Crippen LogP contribution in [-0.2, 0) is 18.6 Å². The van der Waals surface area contributed by atoms with E-state index >= 15 is 0 Å². The quantitative estimate of drug-likeness (QED) is 0.0762. The van der Waals surface area contributed by atoms with Gasteiger partial charge in [-0.15, -0.1) is 0 Å². The van der Waals surface area contributed by atoms with E-state index in [9.17, 15) is 24.5 Å². The van der Waals surface area contributed by atoms with Gasteiger partial charge in [-0.25, -0.2) is 4.79 Å². The van der Waals surface area contributed by atoms with Crippen molar-refractivity contribution in [2.24, 2.45) is 5.92 Å². The molecule has 8 nitrogen and oxygen atoms in total. The van der Waals surface area contributed by atoms with E-state index < -0.39 is 44.1 Å². The summed E-state index contributed by atoms with van der Waals surface area (Å²) in [5.41, 5.74) is 0. The summed E-state index contributed by atoms with van der Waals surface area (Å²) >= 11 is 0. The van der Waals surface area contributed by atoms with Crippen molar-refractivity contribution in [1.29, 1.82) is 0 Å². The van der Waals surface area contributed by atoms with E-state index in [4.69, 9.17) is 14.2 Å². The number of cyclic esters (lactones) is 1. The Morgan fingerprint density at radius 3 is 2.61 bits per heavy atom. The van der Waals surface area contributed by atoms with Crippen LogP contribution in [0.15, 0.2) is 60.8 Å². The predicted octanol–water partition coefficient (Wildman–Crippen LogP) is -0.129. The van der Waals surface area contributed by atoms with Gasteiger partial charge in [0.2, 0.25) is 0 Å². The van der Waals surface area contributed by atoms with Gasteiger partial charge in [0.05, 0.1) is 12.2 Å². The molecule has 0 saturated carbocycles. The van der Waals surface area contributed by atoms with Crippen LogP contribution in [0.1, 0.15) is 46.0 Å². The number of esters is 1. The van der Waals surface area contributed by atoms with E-state index in [-0.39, 0.29) is 36.0 Å². The first-order valence-electron chi connectivity index (χ1n) is 10.8. The van der Waals surface area contributed by atoms with Crippen molar-refractivity contribution in [3.63, 3.8) is 0 Å². The molecule has 180 valence electrons. The third-order valence-electron chi connectivity index (χ3n) is 4.86. The van der Waals surface area contributed by atoms with Crippen LogP contribution in [0.4, 0.5) is 0 Å². The van der Waals surface area contributed by atoms with Crippen LogP contribution in [0.25, 0.3) is 0 Å². The van der Waals surface area contributed by atoms with Crippen molar-refractivity contribution in [3.05, 3.63) is 60.8 Å². The minimum Gasteiger partial charge on any atom is -0.756 e. The molecule has 0 saturated heterocycles. The molecule has 0 amide bonds. The summed E-state index contributed by atoms with van der Waals surface area (Å²) in [6, 6.07) is 0. The molecule has 0 fully saturated rings. The van der Waals surface area contributed by atoms with Crippen molar-refractivity contribution >= 4 is 13.8 Å². The summed E-state index contributed by atoms with van der Waals surface area (Å²) in [5.74, 6) is -1.29. The molecule has 0 bridgehead atoms.